The van der Waals surface area contributed by atoms with E-state index in [9.17, 15) is 20.1 Å². The lowest BCUT2D eigenvalue weighted by molar-refractivity contribution is -0.368. The number of phenolic OH excluding ortho intramolecular Hbond substituents is 1. The monoisotopic (exact) mass is 656 g/mol. The van der Waals surface area contributed by atoms with Crippen LogP contribution in [0.25, 0.3) is 0 Å². The van der Waals surface area contributed by atoms with Gasteiger partial charge in [0.05, 0.1) is 44.3 Å². The Balaban J connectivity index is 1.16. The number of carbonyl (C=O) groups is 1. The van der Waals surface area contributed by atoms with E-state index in [4.69, 9.17) is 42.6 Å². The molecule has 0 amide bonds. The van der Waals surface area contributed by atoms with Crippen molar-refractivity contribution in [1.82, 2.24) is 0 Å². The molecule has 46 heavy (non-hydrogen) atoms. The van der Waals surface area contributed by atoms with Gasteiger partial charge in [-0.1, -0.05) is 6.07 Å². The third-order valence-electron chi connectivity index (χ3n) is 9.37. The predicted molar refractivity (Wildman–Crippen MR) is 156 cm³/mol. The molecule has 0 saturated carbocycles. The summed E-state index contributed by atoms with van der Waals surface area (Å²) in [7, 11) is 2.86. The van der Waals surface area contributed by atoms with Gasteiger partial charge in [-0.15, -0.1) is 11.3 Å². The summed E-state index contributed by atoms with van der Waals surface area (Å²) in [5.74, 6) is -1.08. The lowest BCUT2D eigenvalue weighted by Crippen LogP contribution is -2.62. The molecule has 2 aromatic carbocycles. The Bertz CT molecular complexity index is 1600. The molecular weight excluding hydrogens is 624 g/mol. The molecule has 5 heterocycles. The number of hydrogen-bond donors (Lipinski definition) is 3. The van der Waals surface area contributed by atoms with E-state index in [-0.39, 0.29) is 37.3 Å². The molecule has 0 bridgehead atoms. The van der Waals surface area contributed by atoms with E-state index in [1.54, 1.807) is 18.2 Å². The van der Waals surface area contributed by atoms with Gasteiger partial charge >= 0.3 is 5.97 Å². The second-order valence-corrected chi connectivity index (χ2v) is 12.7. The number of aliphatic hydroxyl groups is 2. The maximum atomic E-state index is 13.5. The summed E-state index contributed by atoms with van der Waals surface area (Å²) in [6.45, 7) is 0.171. The van der Waals surface area contributed by atoms with Gasteiger partial charge in [-0.2, -0.15) is 0 Å². The fourth-order valence-corrected chi connectivity index (χ4v) is 7.89. The third kappa shape index (κ3) is 4.70. The number of hydrogen-bond acceptors (Lipinski definition) is 14. The van der Waals surface area contributed by atoms with Gasteiger partial charge in [-0.25, -0.2) is 0 Å². The summed E-state index contributed by atoms with van der Waals surface area (Å²) in [6.07, 6.45) is -7.16. The molecular formula is C32H32O13S. The highest BCUT2D eigenvalue weighted by atomic mass is 32.1. The second kappa shape index (κ2) is 11.6. The normalized spacial score (nSPS) is 34.3. The molecule has 1 aromatic heterocycles. The smallest absolute Gasteiger partial charge is 0.310 e. The van der Waals surface area contributed by atoms with Crippen LogP contribution in [0.4, 0.5) is 0 Å². The minimum atomic E-state index is -1.47. The fraction of sp³-hybridized carbons (Fsp3) is 0.469. The summed E-state index contributed by atoms with van der Waals surface area (Å²) in [5.41, 5.74) is 2.00. The summed E-state index contributed by atoms with van der Waals surface area (Å²) < 4.78 is 52.6. The number of benzene rings is 2. The number of phenols is 1. The molecule has 0 radical (unpaired) electrons. The number of thiophene rings is 1. The van der Waals surface area contributed by atoms with E-state index in [1.165, 1.54) is 25.6 Å². The van der Waals surface area contributed by atoms with Gasteiger partial charge in [0, 0.05) is 11.8 Å². The predicted octanol–water partition coefficient (Wildman–Crippen LogP) is 2.75. The van der Waals surface area contributed by atoms with E-state index in [0.717, 1.165) is 4.88 Å². The molecule has 0 spiro atoms. The number of esters is 1. The van der Waals surface area contributed by atoms with Crippen molar-refractivity contribution in [2.45, 2.75) is 49.0 Å². The molecule has 5 aliphatic rings. The van der Waals surface area contributed by atoms with Gasteiger partial charge in [0.2, 0.25) is 12.5 Å². The van der Waals surface area contributed by atoms with Crippen molar-refractivity contribution < 1.29 is 62.7 Å². The second-order valence-electron chi connectivity index (χ2n) is 11.8. The third-order valence-corrected chi connectivity index (χ3v) is 10.3. The average molecular weight is 657 g/mol. The standard InChI is InChI=1S/C32H32O13S/c1-37-19-6-13(7-20(38-2)25(19)33)23-14-8-17-18(42-12-41-17)9-15(14)28(16-10-39-30(36)24(16)23)44-32-27(35)26(34)29-21(43-32)11-40-31(45-29)22-4-3-5-46-22/h3-9,16,21,23-24,26-29,31-35H,10-12H2,1-2H3/t16-,21+,23+,24-,26+,27+,28-,29+,31+,32-/m0/s1. The maximum Gasteiger partial charge on any atom is 0.310 e. The van der Waals surface area contributed by atoms with Crippen LogP contribution in [-0.2, 0) is 28.5 Å². The van der Waals surface area contributed by atoms with E-state index < -0.39 is 66.8 Å². The Kier molecular flexibility index (Phi) is 7.48. The molecule has 3 N–H and O–H groups in total. The van der Waals surface area contributed by atoms with Gasteiger partial charge < -0.3 is 58.0 Å². The van der Waals surface area contributed by atoms with Crippen LogP contribution in [-0.4, -0.2) is 86.2 Å². The van der Waals surface area contributed by atoms with Gasteiger partial charge in [0.25, 0.3) is 0 Å². The van der Waals surface area contributed by atoms with E-state index in [2.05, 4.69) is 0 Å². The molecule has 0 unspecified atom stereocenters. The first-order chi connectivity index (χ1) is 22.4. The quantitative estimate of drug-likeness (QED) is 0.333. The Morgan fingerprint density at radius 1 is 0.913 bits per heavy atom. The van der Waals surface area contributed by atoms with E-state index in [1.807, 2.05) is 23.6 Å². The molecule has 8 rings (SSSR count). The van der Waals surface area contributed by atoms with Crippen molar-refractivity contribution in [2.24, 2.45) is 11.8 Å². The highest BCUT2D eigenvalue weighted by molar-refractivity contribution is 7.10. The van der Waals surface area contributed by atoms with Crippen molar-refractivity contribution >= 4 is 17.3 Å². The summed E-state index contributed by atoms with van der Waals surface area (Å²) in [5, 5.41) is 35.0. The van der Waals surface area contributed by atoms with Crippen molar-refractivity contribution in [3.8, 4) is 28.7 Å². The van der Waals surface area contributed by atoms with Gasteiger partial charge in [0.1, 0.15) is 24.4 Å². The summed E-state index contributed by atoms with van der Waals surface area (Å²) in [6, 6.07) is 10.7. The van der Waals surface area contributed by atoms with Crippen molar-refractivity contribution in [2.75, 3.05) is 34.2 Å². The fourth-order valence-electron chi connectivity index (χ4n) is 7.18. The van der Waals surface area contributed by atoms with Crippen LogP contribution in [0.15, 0.2) is 41.8 Å². The first-order valence-electron chi connectivity index (χ1n) is 14.9. The number of aliphatic hydroxyl groups excluding tert-OH is 2. The first kappa shape index (κ1) is 29.8. The lowest BCUT2D eigenvalue weighted by Gasteiger charge is -2.48. The number of fused-ring (bicyclic) bond motifs is 4. The zero-order chi connectivity index (χ0) is 31.7. The number of methoxy groups -OCH3 is 2. The number of cyclic esters (lactones) is 1. The van der Waals surface area contributed by atoms with Crippen LogP contribution in [0.5, 0.6) is 28.7 Å². The van der Waals surface area contributed by atoms with Crippen LogP contribution in [0.3, 0.4) is 0 Å². The zero-order valence-electron chi connectivity index (χ0n) is 24.8. The molecule has 10 atom stereocenters. The Hall–Kier alpha value is -3.63. The Labute approximate surface area is 267 Å². The Morgan fingerprint density at radius 3 is 2.35 bits per heavy atom. The van der Waals surface area contributed by atoms with Crippen molar-refractivity contribution in [3.63, 3.8) is 0 Å². The average Bonchev–Trinajstić information content (AvgIpc) is 3.85. The zero-order valence-corrected chi connectivity index (χ0v) is 25.6. The number of ether oxygens (including phenoxy) is 9. The van der Waals surface area contributed by atoms with Gasteiger partial charge in [-0.05, 0) is 52.4 Å². The van der Waals surface area contributed by atoms with E-state index in [0.29, 0.717) is 28.2 Å². The van der Waals surface area contributed by atoms with Crippen LogP contribution < -0.4 is 18.9 Å². The highest BCUT2D eigenvalue weighted by Crippen LogP contribution is 2.57. The molecule has 3 saturated heterocycles. The van der Waals surface area contributed by atoms with Gasteiger partial charge in [0.15, 0.2) is 35.6 Å². The first-order valence-corrected chi connectivity index (χ1v) is 15.8. The summed E-state index contributed by atoms with van der Waals surface area (Å²) >= 11 is 1.46. The summed E-state index contributed by atoms with van der Waals surface area (Å²) in [4.78, 5) is 14.3. The highest BCUT2D eigenvalue weighted by Gasteiger charge is 2.56. The van der Waals surface area contributed by atoms with Crippen LogP contribution in [0, 0.1) is 11.8 Å². The topological polar surface area (TPSA) is 161 Å². The maximum absolute atomic E-state index is 13.5. The molecule has 244 valence electrons. The minimum absolute atomic E-state index is 0.0242. The minimum Gasteiger partial charge on any atom is -0.502 e. The number of rotatable bonds is 6. The number of carbonyl (C=O) groups excluding carboxylic acids is 1. The van der Waals surface area contributed by atoms with Crippen LogP contribution in [0.1, 0.15) is 39.9 Å². The van der Waals surface area contributed by atoms with E-state index >= 15 is 0 Å². The van der Waals surface area contributed by atoms with Crippen molar-refractivity contribution in [1.29, 1.82) is 0 Å². The lowest BCUT2D eigenvalue weighted by atomic mass is 9.66. The molecule has 13 nitrogen and oxygen atoms in total. The molecule has 3 aromatic rings. The molecule has 1 aliphatic carbocycles. The largest absolute Gasteiger partial charge is 0.502 e. The molecule has 14 heteroatoms. The number of aromatic hydroxyl groups is 1. The molecule has 3 fully saturated rings. The molecule has 4 aliphatic heterocycles. The van der Waals surface area contributed by atoms with Crippen molar-refractivity contribution in [3.05, 3.63) is 63.3 Å². The Morgan fingerprint density at radius 2 is 1.65 bits per heavy atom. The van der Waals surface area contributed by atoms with Crippen LogP contribution in [0.2, 0.25) is 0 Å². The van der Waals surface area contributed by atoms with Gasteiger partial charge in [-0.3, -0.25) is 4.79 Å². The SMILES string of the molecule is COc1cc([C@@H]2c3cc4c(cc3[C@H](O[C@@H]3O[C@@H]5CO[C@@H](c6cccs6)O[C@H]5[C@H](O)[C@H]3O)[C@H]3COC(=O)[C@H]23)OCO4)cc(OC)c1O. The van der Waals surface area contributed by atoms with Crippen LogP contribution >= 0.6 is 11.3 Å².